The molecule has 4 heteroatoms. The molecule has 19 heavy (non-hydrogen) atoms. The first-order valence-corrected chi connectivity index (χ1v) is 7.07. The molecule has 4 nitrogen and oxygen atoms in total. The van der Waals surface area contributed by atoms with Crippen LogP contribution in [0.3, 0.4) is 0 Å². The molecular weight excluding hydrogens is 240 g/mol. The van der Waals surface area contributed by atoms with Crippen molar-refractivity contribution < 1.29 is 4.79 Å². The number of piperidine rings is 1. The number of fused-ring (bicyclic) bond motifs is 4. The van der Waals surface area contributed by atoms with Gasteiger partial charge >= 0.3 is 0 Å². The molecule has 0 aromatic carbocycles. The molecule has 3 rings (SSSR count). The number of hydrogen-bond acceptors (Lipinski definition) is 3. The van der Waals surface area contributed by atoms with Crippen LogP contribution in [0.25, 0.3) is 0 Å². The summed E-state index contributed by atoms with van der Waals surface area (Å²) in [6.45, 7) is 4.42. The molecule has 0 spiro atoms. The predicted molar refractivity (Wildman–Crippen MR) is 73.4 cm³/mol. The SMILES string of the molecule is CC(=O)CCc1cc2n(c(=O)c1)CC1CNC[C@@H]2C1. The minimum atomic E-state index is 0.104. The number of nitrogens with one attached hydrogen (secondary N) is 1. The van der Waals surface area contributed by atoms with Crippen LogP contribution in [0, 0.1) is 5.92 Å². The van der Waals surface area contributed by atoms with Crippen molar-refractivity contribution in [3.63, 3.8) is 0 Å². The molecule has 2 atom stereocenters. The normalized spacial score (nSPS) is 24.9. The second kappa shape index (κ2) is 4.93. The van der Waals surface area contributed by atoms with E-state index in [1.807, 2.05) is 4.57 Å². The molecule has 1 N–H and O–H groups in total. The van der Waals surface area contributed by atoms with Gasteiger partial charge in [-0.3, -0.25) is 4.79 Å². The zero-order chi connectivity index (χ0) is 13.4. The van der Waals surface area contributed by atoms with Gasteiger partial charge in [0.2, 0.25) is 0 Å². The number of aromatic nitrogens is 1. The Morgan fingerprint density at radius 2 is 2.26 bits per heavy atom. The van der Waals surface area contributed by atoms with E-state index in [2.05, 4.69) is 11.4 Å². The van der Waals surface area contributed by atoms with Crippen molar-refractivity contribution in [1.29, 1.82) is 0 Å². The Bertz CT molecular complexity index is 562. The Balaban J connectivity index is 1.94. The molecule has 2 bridgehead atoms. The molecule has 0 amide bonds. The zero-order valence-corrected chi connectivity index (χ0v) is 11.3. The van der Waals surface area contributed by atoms with Gasteiger partial charge in [0, 0.05) is 37.2 Å². The highest BCUT2D eigenvalue weighted by atomic mass is 16.1. The number of rotatable bonds is 3. The fourth-order valence-electron chi connectivity index (χ4n) is 3.32. The predicted octanol–water partition coefficient (Wildman–Crippen LogP) is 1.08. The maximum absolute atomic E-state index is 12.2. The third-order valence-electron chi connectivity index (χ3n) is 4.29. The minimum Gasteiger partial charge on any atom is -0.316 e. The molecule has 1 fully saturated rings. The van der Waals surface area contributed by atoms with Crippen LogP contribution >= 0.6 is 0 Å². The first-order chi connectivity index (χ1) is 9.13. The first kappa shape index (κ1) is 12.6. The summed E-state index contributed by atoms with van der Waals surface area (Å²) in [6, 6.07) is 3.85. The fourth-order valence-corrected chi connectivity index (χ4v) is 3.32. The molecule has 102 valence electrons. The lowest BCUT2D eigenvalue weighted by molar-refractivity contribution is -0.116. The number of nitrogens with zero attached hydrogens (tertiary/aromatic N) is 1. The largest absolute Gasteiger partial charge is 0.316 e. The number of carbonyl (C=O) groups is 1. The van der Waals surface area contributed by atoms with Gasteiger partial charge in [-0.25, -0.2) is 0 Å². The number of ketones is 1. The van der Waals surface area contributed by atoms with Gasteiger partial charge in [0.1, 0.15) is 5.78 Å². The van der Waals surface area contributed by atoms with Crippen molar-refractivity contribution in [3.8, 4) is 0 Å². The second-order valence-corrected chi connectivity index (χ2v) is 5.90. The molecule has 2 aliphatic heterocycles. The maximum atomic E-state index is 12.2. The van der Waals surface area contributed by atoms with Gasteiger partial charge in [-0.2, -0.15) is 0 Å². The van der Waals surface area contributed by atoms with Crippen molar-refractivity contribution >= 4 is 5.78 Å². The molecule has 0 saturated carbocycles. The molecule has 1 aromatic heterocycles. The molecule has 0 radical (unpaired) electrons. The number of aryl methyl sites for hydroxylation is 1. The van der Waals surface area contributed by atoms with E-state index in [1.165, 1.54) is 6.42 Å². The van der Waals surface area contributed by atoms with Crippen LogP contribution in [-0.4, -0.2) is 23.4 Å². The number of Topliss-reactive ketones (excluding diaryl/α,β-unsaturated/α-hetero) is 1. The van der Waals surface area contributed by atoms with Gasteiger partial charge < -0.3 is 14.7 Å². The third kappa shape index (κ3) is 2.50. The lowest BCUT2D eigenvalue weighted by Gasteiger charge is -2.37. The molecule has 1 unspecified atom stereocenters. The fraction of sp³-hybridized carbons (Fsp3) is 0.600. The molecule has 1 aromatic rings. The molecule has 2 aliphatic rings. The quantitative estimate of drug-likeness (QED) is 0.884. The Kier molecular flexibility index (Phi) is 3.27. The lowest BCUT2D eigenvalue weighted by Crippen LogP contribution is -2.44. The summed E-state index contributed by atoms with van der Waals surface area (Å²) >= 11 is 0. The summed E-state index contributed by atoms with van der Waals surface area (Å²) in [4.78, 5) is 23.3. The molecule has 1 saturated heterocycles. The van der Waals surface area contributed by atoms with Crippen LogP contribution in [0.15, 0.2) is 16.9 Å². The van der Waals surface area contributed by atoms with Crippen molar-refractivity contribution in [2.45, 2.75) is 38.6 Å². The number of carbonyl (C=O) groups excluding carboxylic acids is 1. The number of hydrogen-bond donors (Lipinski definition) is 1. The van der Waals surface area contributed by atoms with Gasteiger partial charge in [-0.05, 0) is 43.9 Å². The number of pyridine rings is 1. The Morgan fingerprint density at radius 3 is 3.05 bits per heavy atom. The van der Waals surface area contributed by atoms with Crippen LogP contribution in [0.5, 0.6) is 0 Å². The van der Waals surface area contributed by atoms with Crippen molar-refractivity contribution in [3.05, 3.63) is 33.7 Å². The topological polar surface area (TPSA) is 51.1 Å². The second-order valence-electron chi connectivity index (χ2n) is 5.90. The smallest absolute Gasteiger partial charge is 0.251 e. The average molecular weight is 260 g/mol. The summed E-state index contributed by atoms with van der Waals surface area (Å²) in [7, 11) is 0. The highest BCUT2D eigenvalue weighted by molar-refractivity contribution is 5.75. The van der Waals surface area contributed by atoms with E-state index in [0.29, 0.717) is 24.7 Å². The average Bonchev–Trinajstić information content (AvgIpc) is 2.38. The zero-order valence-electron chi connectivity index (χ0n) is 11.3. The molecule has 3 heterocycles. The van der Waals surface area contributed by atoms with Gasteiger partial charge in [-0.15, -0.1) is 0 Å². The summed E-state index contributed by atoms with van der Waals surface area (Å²) in [6.07, 6.45) is 2.39. The van der Waals surface area contributed by atoms with Crippen LogP contribution in [0.1, 0.15) is 36.9 Å². The van der Waals surface area contributed by atoms with Crippen LogP contribution in [0.4, 0.5) is 0 Å². The van der Waals surface area contributed by atoms with E-state index in [-0.39, 0.29) is 11.3 Å². The molecule has 0 aliphatic carbocycles. The van der Waals surface area contributed by atoms with E-state index in [4.69, 9.17) is 0 Å². The van der Waals surface area contributed by atoms with E-state index < -0.39 is 0 Å². The van der Waals surface area contributed by atoms with Crippen LogP contribution in [0.2, 0.25) is 0 Å². The van der Waals surface area contributed by atoms with Crippen LogP contribution in [-0.2, 0) is 17.8 Å². The summed E-state index contributed by atoms with van der Waals surface area (Å²) < 4.78 is 1.94. The van der Waals surface area contributed by atoms with E-state index >= 15 is 0 Å². The van der Waals surface area contributed by atoms with Gasteiger partial charge in [0.15, 0.2) is 0 Å². The Labute approximate surface area is 112 Å². The van der Waals surface area contributed by atoms with Crippen molar-refractivity contribution in [2.75, 3.05) is 13.1 Å². The van der Waals surface area contributed by atoms with Gasteiger partial charge in [-0.1, -0.05) is 0 Å². The minimum absolute atomic E-state index is 0.104. The summed E-state index contributed by atoms with van der Waals surface area (Å²) in [5.74, 6) is 1.22. The van der Waals surface area contributed by atoms with E-state index in [1.54, 1.807) is 13.0 Å². The Hall–Kier alpha value is -1.42. The van der Waals surface area contributed by atoms with Crippen molar-refractivity contribution in [1.82, 2.24) is 9.88 Å². The van der Waals surface area contributed by atoms with E-state index in [0.717, 1.165) is 30.9 Å². The Morgan fingerprint density at radius 1 is 1.42 bits per heavy atom. The molecular formula is C15H20N2O2. The lowest BCUT2D eigenvalue weighted by atomic mass is 9.83. The standard InChI is InChI=1S/C15H20N2O2/c1-10(18)2-3-11-5-14-13-4-12(7-16-8-13)9-17(14)15(19)6-11/h5-6,12-13,16H,2-4,7-9H2,1H3/t12?,13-/m0/s1. The van der Waals surface area contributed by atoms with E-state index in [9.17, 15) is 9.59 Å². The third-order valence-corrected chi connectivity index (χ3v) is 4.29. The van der Waals surface area contributed by atoms with Crippen molar-refractivity contribution in [2.24, 2.45) is 5.92 Å². The summed E-state index contributed by atoms with van der Waals surface area (Å²) in [5.41, 5.74) is 2.28. The highest BCUT2D eigenvalue weighted by Gasteiger charge is 2.30. The summed E-state index contributed by atoms with van der Waals surface area (Å²) in [5, 5.41) is 3.45. The maximum Gasteiger partial charge on any atom is 0.251 e. The highest BCUT2D eigenvalue weighted by Crippen LogP contribution is 2.32. The first-order valence-electron chi connectivity index (χ1n) is 7.07. The monoisotopic (exact) mass is 260 g/mol. The van der Waals surface area contributed by atoms with Crippen LogP contribution < -0.4 is 10.9 Å². The van der Waals surface area contributed by atoms with Gasteiger partial charge in [0.05, 0.1) is 0 Å². The van der Waals surface area contributed by atoms with Gasteiger partial charge in [0.25, 0.3) is 5.56 Å².